The number of hydrogen-bond donors (Lipinski definition) is 2. The van der Waals surface area contributed by atoms with Gasteiger partial charge in [-0.05, 0) is 42.5 Å². The molecule has 0 aliphatic carbocycles. The highest BCUT2D eigenvalue weighted by atomic mass is 19.4. The van der Waals surface area contributed by atoms with E-state index in [0.717, 1.165) is 17.8 Å². The van der Waals surface area contributed by atoms with Crippen LogP contribution >= 0.6 is 0 Å². The van der Waals surface area contributed by atoms with E-state index in [-0.39, 0.29) is 5.95 Å². The van der Waals surface area contributed by atoms with Gasteiger partial charge in [-0.2, -0.15) is 18.2 Å². The number of alkyl halides is 3. The van der Waals surface area contributed by atoms with Crippen LogP contribution in [-0.2, 0) is 6.18 Å². The van der Waals surface area contributed by atoms with Crippen molar-refractivity contribution in [2.45, 2.75) is 6.18 Å². The van der Waals surface area contributed by atoms with Gasteiger partial charge in [0.25, 0.3) is 0 Å². The van der Waals surface area contributed by atoms with Crippen LogP contribution in [-0.4, -0.2) is 24.2 Å². The van der Waals surface area contributed by atoms with Gasteiger partial charge in [-0.3, -0.25) is 0 Å². The summed E-state index contributed by atoms with van der Waals surface area (Å²) in [5.41, 5.74) is 0.441. The lowest BCUT2D eigenvalue weighted by Gasteiger charge is -2.12. The molecule has 0 aliphatic heterocycles. The maximum absolute atomic E-state index is 12.6. The van der Waals surface area contributed by atoms with Crippen molar-refractivity contribution in [2.75, 3.05) is 24.9 Å². The number of anilines is 4. The molecular weight excluding hydrogens is 373 g/mol. The van der Waals surface area contributed by atoms with Gasteiger partial charge < -0.3 is 20.1 Å². The summed E-state index contributed by atoms with van der Waals surface area (Å²) >= 11 is 0. The Hall–Kier alpha value is -3.49. The van der Waals surface area contributed by atoms with E-state index in [9.17, 15) is 13.2 Å². The Kier molecular flexibility index (Phi) is 5.53. The molecule has 0 unspecified atom stereocenters. The molecule has 2 N–H and O–H groups in total. The van der Waals surface area contributed by atoms with Gasteiger partial charge in [0.15, 0.2) is 11.5 Å². The molecule has 0 radical (unpaired) electrons. The van der Waals surface area contributed by atoms with Crippen LogP contribution in [0.15, 0.2) is 54.7 Å². The number of rotatable bonds is 6. The number of nitrogens with one attached hydrogen (secondary N) is 2. The lowest BCUT2D eigenvalue weighted by Crippen LogP contribution is -2.05. The minimum atomic E-state index is -4.38. The molecule has 0 atom stereocenters. The molecule has 0 spiro atoms. The van der Waals surface area contributed by atoms with Gasteiger partial charge in [0, 0.05) is 23.6 Å². The lowest BCUT2D eigenvalue weighted by molar-refractivity contribution is -0.137. The molecule has 146 valence electrons. The number of aromatic nitrogens is 2. The number of methoxy groups -OCH3 is 2. The monoisotopic (exact) mass is 390 g/mol. The van der Waals surface area contributed by atoms with Crippen LogP contribution in [0.5, 0.6) is 11.5 Å². The highest BCUT2D eigenvalue weighted by molar-refractivity contribution is 5.63. The van der Waals surface area contributed by atoms with Crippen molar-refractivity contribution in [3.8, 4) is 11.5 Å². The SMILES string of the molecule is COc1ccc(Nc2ccnc(Nc3ccc(C(F)(F)F)cc3)n2)cc1OC. The number of halogens is 3. The zero-order chi connectivity index (χ0) is 20.1. The fourth-order valence-corrected chi connectivity index (χ4v) is 2.42. The second-order valence-corrected chi connectivity index (χ2v) is 5.66. The van der Waals surface area contributed by atoms with Crippen LogP contribution in [0.25, 0.3) is 0 Å². The van der Waals surface area contributed by atoms with Crippen molar-refractivity contribution < 1.29 is 22.6 Å². The second-order valence-electron chi connectivity index (χ2n) is 5.66. The highest BCUT2D eigenvalue weighted by Gasteiger charge is 2.29. The minimum Gasteiger partial charge on any atom is -0.493 e. The molecule has 0 bridgehead atoms. The third-order valence-electron chi connectivity index (χ3n) is 3.78. The van der Waals surface area contributed by atoms with Crippen molar-refractivity contribution in [3.63, 3.8) is 0 Å². The summed E-state index contributed by atoms with van der Waals surface area (Å²) in [5, 5.41) is 5.98. The predicted molar refractivity (Wildman–Crippen MR) is 99.6 cm³/mol. The van der Waals surface area contributed by atoms with Crippen LogP contribution < -0.4 is 20.1 Å². The molecule has 0 saturated heterocycles. The van der Waals surface area contributed by atoms with Gasteiger partial charge in [-0.25, -0.2) is 4.98 Å². The van der Waals surface area contributed by atoms with Gasteiger partial charge >= 0.3 is 6.18 Å². The topological polar surface area (TPSA) is 68.3 Å². The minimum absolute atomic E-state index is 0.241. The van der Waals surface area contributed by atoms with Crippen LogP contribution in [0.2, 0.25) is 0 Å². The standard InChI is InChI=1S/C19H17F3N4O2/c1-27-15-8-7-14(11-16(15)28-2)24-17-9-10-23-18(26-17)25-13-5-3-12(4-6-13)19(20,21)22/h3-11H,1-2H3,(H2,23,24,25,26). The fourth-order valence-electron chi connectivity index (χ4n) is 2.42. The largest absolute Gasteiger partial charge is 0.493 e. The molecule has 0 aliphatic rings. The number of ether oxygens (including phenoxy) is 2. The van der Waals surface area contributed by atoms with E-state index in [1.807, 2.05) is 0 Å². The molecule has 3 rings (SSSR count). The Morgan fingerprint density at radius 2 is 1.50 bits per heavy atom. The van der Waals surface area contributed by atoms with E-state index in [4.69, 9.17) is 9.47 Å². The van der Waals surface area contributed by atoms with Crippen molar-refractivity contribution >= 4 is 23.1 Å². The fraction of sp³-hybridized carbons (Fsp3) is 0.158. The number of benzene rings is 2. The molecular formula is C19H17F3N4O2. The Bertz CT molecular complexity index is 947. The molecule has 6 nitrogen and oxygen atoms in total. The van der Waals surface area contributed by atoms with Crippen molar-refractivity contribution in [2.24, 2.45) is 0 Å². The summed E-state index contributed by atoms with van der Waals surface area (Å²) in [5.74, 6) is 1.90. The van der Waals surface area contributed by atoms with Gasteiger partial charge in [-0.15, -0.1) is 0 Å². The summed E-state index contributed by atoms with van der Waals surface area (Å²) in [6.45, 7) is 0. The Morgan fingerprint density at radius 3 is 2.14 bits per heavy atom. The Labute approximate surface area is 159 Å². The molecule has 28 heavy (non-hydrogen) atoms. The molecule has 0 saturated carbocycles. The zero-order valence-corrected chi connectivity index (χ0v) is 15.0. The average Bonchev–Trinajstić information content (AvgIpc) is 2.68. The maximum atomic E-state index is 12.6. The number of nitrogens with zero attached hydrogens (tertiary/aromatic N) is 2. The highest BCUT2D eigenvalue weighted by Crippen LogP contribution is 2.32. The first-order valence-corrected chi connectivity index (χ1v) is 8.15. The van der Waals surface area contributed by atoms with E-state index < -0.39 is 11.7 Å². The molecule has 2 aromatic carbocycles. The average molecular weight is 390 g/mol. The third-order valence-corrected chi connectivity index (χ3v) is 3.78. The molecule has 0 amide bonds. The Balaban J connectivity index is 1.74. The summed E-state index contributed by atoms with van der Waals surface area (Å²) in [4.78, 5) is 8.38. The number of hydrogen-bond acceptors (Lipinski definition) is 6. The Morgan fingerprint density at radius 1 is 0.821 bits per heavy atom. The molecule has 1 heterocycles. The molecule has 3 aromatic rings. The third kappa shape index (κ3) is 4.61. The van der Waals surface area contributed by atoms with Crippen LogP contribution in [0.3, 0.4) is 0 Å². The van der Waals surface area contributed by atoms with Gasteiger partial charge in [0.2, 0.25) is 5.95 Å². The van der Waals surface area contributed by atoms with Gasteiger partial charge in [0.1, 0.15) is 5.82 Å². The van der Waals surface area contributed by atoms with Gasteiger partial charge in [0.05, 0.1) is 19.8 Å². The smallest absolute Gasteiger partial charge is 0.416 e. The van der Waals surface area contributed by atoms with Crippen molar-refractivity contribution in [1.29, 1.82) is 0 Å². The van der Waals surface area contributed by atoms with E-state index in [2.05, 4.69) is 20.6 Å². The van der Waals surface area contributed by atoms with E-state index in [1.165, 1.54) is 18.3 Å². The summed E-state index contributed by atoms with van der Waals surface area (Å²) in [6.07, 6.45) is -2.85. The predicted octanol–water partition coefficient (Wildman–Crippen LogP) is 5.00. The van der Waals surface area contributed by atoms with Crippen LogP contribution in [0, 0.1) is 0 Å². The van der Waals surface area contributed by atoms with Crippen molar-refractivity contribution in [3.05, 3.63) is 60.3 Å². The molecule has 1 aromatic heterocycles. The lowest BCUT2D eigenvalue weighted by atomic mass is 10.2. The normalized spacial score (nSPS) is 11.0. The molecule has 0 fully saturated rings. The molecule has 9 heteroatoms. The van der Waals surface area contributed by atoms with E-state index in [0.29, 0.717) is 23.0 Å². The first kappa shape index (κ1) is 19.3. The first-order valence-electron chi connectivity index (χ1n) is 8.15. The van der Waals surface area contributed by atoms with Crippen LogP contribution in [0.1, 0.15) is 5.56 Å². The quantitative estimate of drug-likeness (QED) is 0.617. The van der Waals surface area contributed by atoms with Crippen LogP contribution in [0.4, 0.5) is 36.3 Å². The summed E-state index contributed by atoms with van der Waals surface area (Å²) in [6, 6.07) is 11.6. The van der Waals surface area contributed by atoms with E-state index in [1.54, 1.807) is 38.5 Å². The second kappa shape index (κ2) is 8.03. The van der Waals surface area contributed by atoms with Crippen molar-refractivity contribution in [1.82, 2.24) is 9.97 Å². The summed E-state index contributed by atoms with van der Waals surface area (Å²) < 4.78 is 48.4. The maximum Gasteiger partial charge on any atom is 0.416 e. The van der Waals surface area contributed by atoms with E-state index >= 15 is 0 Å². The van der Waals surface area contributed by atoms with Gasteiger partial charge in [-0.1, -0.05) is 0 Å². The summed E-state index contributed by atoms with van der Waals surface area (Å²) in [7, 11) is 3.09. The zero-order valence-electron chi connectivity index (χ0n) is 15.0. The first-order chi connectivity index (χ1) is 13.4.